The highest BCUT2D eigenvalue weighted by Gasteiger charge is 2.19. The van der Waals surface area contributed by atoms with Gasteiger partial charge in [-0.05, 0) is 31.1 Å². The van der Waals surface area contributed by atoms with Crippen molar-refractivity contribution in [3.8, 4) is 0 Å². The Kier molecular flexibility index (Phi) is 55.4. The summed E-state index contributed by atoms with van der Waals surface area (Å²) in [6.45, 7) is 11.5. The van der Waals surface area contributed by atoms with Crippen molar-refractivity contribution < 1.29 is 28.6 Å². The predicted octanol–water partition coefficient (Wildman–Crippen LogP) is 21.2. The van der Waals surface area contributed by atoms with E-state index in [1.807, 2.05) is 0 Å². The Balaban J connectivity index is 4.23. The SMILES string of the molecule is CCCCCCCCCCCCCCCCCCCCC(=O)O[C@@H](COC(=O)CCCCCCCCCCCCCCCCCCCCC(C)CC)COC(=O)CCCCCCCCCCCC(C)C. The van der Waals surface area contributed by atoms with E-state index in [0.717, 1.165) is 69.6 Å². The third-order valence-electron chi connectivity index (χ3n) is 15.1. The molecule has 6 heteroatoms. The lowest BCUT2D eigenvalue weighted by Gasteiger charge is -2.18. The Bertz CT molecular complexity index is 1070. The molecule has 0 spiro atoms. The number of carbonyl (C=O) groups is 3. The number of carbonyl (C=O) groups excluding carboxylic acids is 3. The first kappa shape index (κ1) is 68.4. The summed E-state index contributed by atoms with van der Waals surface area (Å²) in [6, 6.07) is 0. The maximum absolute atomic E-state index is 12.9. The highest BCUT2D eigenvalue weighted by atomic mass is 16.6. The number of unbranched alkanes of at least 4 members (excludes halogenated alkanes) is 42. The van der Waals surface area contributed by atoms with E-state index in [-0.39, 0.29) is 31.1 Å². The normalized spacial score (nSPS) is 12.4. The average Bonchev–Trinajstić information content (AvgIpc) is 3.35. The van der Waals surface area contributed by atoms with Gasteiger partial charge in [0, 0.05) is 19.3 Å². The second-order valence-electron chi connectivity index (χ2n) is 22.8. The van der Waals surface area contributed by atoms with Gasteiger partial charge in [-0.15, -0.1) is 0 Å². The molecule has 0 radical (unpaired) electrons. The van der Waals surface area contributed by atoms with E-state index in [9.17, 15) is 14.4 Å². The second kappa shape index (κ2) is 56.7. The fraction of sp³-hybridized carbons (Fsp3) is 0.953. The molecule has 0 rings (SSSR count). The van der Waals surface area contributed by atoms with Crippen molar-refractivity contribution in [3.63, 3.8) is 0 Å². The molecule has 0 bridgehead atoms. The lowest BCUT2D eigenvalue weighted by atomic mass is 9.99. The van der Waals surface area contributed by atoms with Crippen LogP contribution in [-0.2, 0) is 28.6 Å². The van der Waals surface area contributed by atoms with Crippen LogP contribution in [0.1, 0.15) is 362 Å². The van der Waals surface area contributed by atoms with Gasteiger partial charge < -0.3 is 14.2 Å². The first-order valence-corrected chi connectivity index (χ1v) is 31.8. The number of ether oxygens (including phenoxy) is 3. The van der Waals surface area contributed by atoms with Crippen LogP contribution in [0, 0.1) is 11.8 Å². The minimum Gasteiger partial charge on any atom is -0.462 e. The van der Waals surface area contributed by atoms with Crippen LogP contribution >= 0.6 is 0 Å². The Hall–Kier alpha value is -1.59. The van der Waals surface area contributed by atoms with E-state index in [2.05, 4.69) is 34.6 Å². The van der Waals surface area contributed by atoms with Crippen LogP contribution in [0.4, 0.5) is 0 Å². The van der Waals surface area contributed by atoms with Crippen molar-refractivity contribution in [1.29, 1.82) is 0 Å². The van der Waals surface area contributed by atoms with Gasteiger partial charge in [-0.25, -0.2) is 0 Å². The van der Waals surface area contributed by atoms with E-state index in [0.29, 0.717) is 19.3 Å². The summed E-state index contributed by atoms with van der Waals surface area (Å²) in [5.74, 6) is 0.884. The quantitative estimate of drug-likeness (QED) is 0.0343. The summed E-state index contributed by atoms with van der Waals surface area (Å²) in [7, 11) is 0. The van der Waals surface area contributed by atoms with Crippen LogP contribution in [0.3, 0.4) is 0 Å². The van der Waals surface area contributed by atoms with Crippen LogP contribution in [0.25, 0.3) is 0 Å². The first-order chi connectivity index (χ1) is 34.3. The molecule has 0 aliphatic rings. The van der Waals surface area contributed by atoms with Crippen LogP contribution < -0.4 is 0 Å². The van der Waals surface area contributed by atoms with Crippen molar-refractivity contribution in [2.24, 2.45) is 11.8 Å². The Morgan fingerprint density at radius 2 is 0.543 bits per heavy atom. The van der Waals surface area contributed by atoms with E-state index in [1.54, 1.807) is 0 Å². The van der Waals surface area contributed by atoms with Crippen molar-refractivity contribution in [2.45, 2.75) is 368 Å². The zero-order valence-corrected chi connectivity index (χ0v) is 48.2. The third-order valence-corrected chi connectivity index (χ3v) is 15.1. The van der Waals surface area contributed by atoms with Crippen LogP contribution in [0.15, 0.2) is 0 Å². The number of hydrogen-bond donors (Lipinski definition) is 0. The zero-order chi connectivity index (χ0) is 51.1. The lowest BCUT2D eigenvalue weighted by molar-refractivity contribution is -0.167. The average molecular weight is 990 g/mol. The molecule has 0 saturated carbocycles. The molecule has 70 heavy (non-hydrogen) atoms. The standard InChI is InChI=1S/C64H124O6/c1-6-8-9-10-11-12-13-14-15-16-20-24-27-30-35-41-46-51-56-64(67)70-61(58-69-63(66)55-50-45-40-36-31-32-37-42-47-52-59(3)4)57-68-62(65)54-49-44-39-34-29-26-23-21-18-17-19-22-25-28-33-38-43-48-53-60(5)7-2/h59-61H,6-58H2,1-5H3/t60?,61-/m0/s1. The second-order valence-corrected chi connectivity index (χ2v) is 22.8. The minimum atomic E-state index is -0.763. The van der Waals surface area contributed by atoms with Crippen LogP contribution in [-0.4, -0.2) is 37.2 Å². The van der Waals surface area contributed by atoms with Crippen LogP contribution in [0.2, 0.25) is 0 Å². The summed E-state index contributed by atoms with van der Waals surface area (Å²) in [5.41, 5.74) is 0. The molecule has 6 nitrogen and oxygen atoms in total. The van der Waals surface area contributed by atoms with Crippen LogP contribution in [0.5, 0.6) is 0 Å². The van der Waals surface area contributed by atoms with Gasteiger partial charge in [0.1, 0.15) is 13.2 Å². The lowest BCUT2D eigenvalue weighted by Crippen LogP contribution is -2.30. The van der Waals surface area contributed by atoms with Crippen molar-refractivity contribution in [2.75, 3.05) is 13.2 Å². The molecule has 0 saturated heterocycles. The first-order valence-electron chi connectivity index (χ1n) is 31.8. The van der Waals surface area contributed by atoms with E-state index < -0.39 is 6.10 Å². The van der Waals surface area contributed by atoms with E-state index >= 15 is 0 Å². The number of rotatable bonds is 58. The largest absolute Gasteiger partial charge is 0.462 e. The number of hydrogen-bond acceptors (Lipinski definition) is 6. The molecule has 0 fully saturated rings. The molecule has 2 atom stereocenters. The van der Waals surface area contributed by atoms with Gasteiger partial charge >= 0.3 is 17.9 Å². The van der Waals surface area contributed by atoms with Gasteiger partial charge in [-0.2, -0.15) is 0 Å². The monoisotopic (exact) mass is 989 g/mol. The smallest absolute Gasteiger partial charge is 0.306 e. The number of esters is 3. The molecule has 0 aromatic rings. The Morgan fingerprint density at radius 1 is 0.300 bits per heavy atom. The molecule has 0 aromatic carbocycles. The molecule has 0 aliphatic heterocycles. The summed E-state index contributed by atoms with van der Waals surface area (Å²) >= 11 is 0. The van der Waals surface area contributed by atoms with E-state index in [4.69, 9.17) is 14.2 Å². The Morgan fingerprint density at radius 3 is 0.814 bits per heavy atom. The van der Waals surface area contributed by atoms with Crippen molar-refractivity contribution in [1.82, 2.24) is 0 Å². The summed E-state index contributed by atoms with van der Waals surface area (Å²) < 4.78 is 16.9. The van der Waals surface area contributed by atoms with Gasteiger partial charge in [-0.3, -0.25) is 14.4 Å². The van der Waals surface area contributed by atoms with Gasteiger partial charge in [-0.1, -0.05) is 324 Å². The van der Waals surface area contributed by atoms with Gasteiger partial charge in [0.15, 0.2) is 6.10 Å². The molecular weight excluding hydrogens is 865 g/mol. The van der Waals surface area contributed by atoms with Crippen molar-refractivity contribution in [3.05, 3.63) is 0 Å². The van der Waals surface area contributed by atoms with Gasteiger partial charge in [0.05, 0.1) is 0 Å². The molecule has 0 aromatic heterocycles. The molecule has 0 amide bonds. The molecule has 0 N–H and O–H groups in total. The molecule has 416 valence electrons. The zero-order valence-electron chi connectivity index (χ0n) is 48.2. The molecule has 0 aliphatic carbocycles. The topological polar surface area (TPSA) is 78.9 Å². The minimum absolute atomic E-state index is 0.0623. The fourth-order valence-electron chi connectivity index (χ4n) is 9.90. The fourth-order valence-corrected chi connectivity index (χ4v) is 9.90. The summed E-state index contributed by atoms with van der Waals surface area (Å²) in [5, 5.41) is 0. The highest BCUT2D eigenvalue weighted by molar-refractivity contribution is 5.71. The van der Waals surface area contributed by atoms with Crippen molar-refractivity contribution >= 4 is 17.9 Å². The van der Waals surface area contributed by atoms with Gasteiger partial charge in [0.25, 0.3) is 0 Å². The maximum atomic E-state index is 12.9. The van der Waals surface area contributed by atoms with Gasteiger partial charge in [0.2, 0.25) is 0 Å². The molecular formula is C64H124O6. The van der Waals surface area contributed by atoms with E-state index in [1.165, 1.54) is 250 Å². The molecule has 0 heterocycles. The summed E-state index contributed by atoms with van der Waals surface area (Å²) in [4.78, 5) is 38.2. The molecule has 1 unspecified atom stereocenters. The third kappa shape index (κ3) is 55.7. The summed E-state index contributed by atoms with van der Waals surface area (Å²) in [6.07, 6.45) is 62.5. The Labute approximate surface area is 438 Å². The highest BCUT2D eigenvalue weighted by Crippen LogP contribution is 2.19. The maximum Gasteiger partial charge on any atom is 0.306 e. The predicted molar refractivity (Wildman–Crippen MR) is 303 cm³/mol.